The van der Waals surface area contributed by atoms with Gasteiger partial charge in [0.1, 0.15) is 5.75 Å². The van der Waals surface area contributed by atoms with Crippen molar-refractivity contribution >= 4 is 15.9 Å². The Morgan fingerprint density at radius 3 is 2.80 bits per heavy atom. The monoisotopic (exact) mass is 338 g/mol. The van der Waals surface area contributed by atoms with Crippen molar-refractivity contribution in [3.8, 4) is 5.75 Å². The van der Waals surface area contributed by atoms with Crippen molar-refractivity contribution in [3.63, 3.8) is 0 Å². The van der Waals surface area contributed by atoms with Crippen LogP contribution in [0.3, 0.4) is 0 Å². The fourth-order valence-corrected chi connectivity index (χ4v) is 2.63. The average molecular weight is 339 g/mol. The zero-order valence-corrected chi connectivity index (χ0v) is 13.5. The van der Waals surface area contributed by atoms with E-state index in [1.54, 1.807) is 19.6 Å². The topological polar surface area (TPSA) is 47.3 Å². The van der Waals surface area contributed by atoms with Gasteiger partial charge in [-0.25, -0.2) is 4.98 Å². The van der Waals surface area contributed by atoms with Crippen LogP contribution in [0, 0.1) is 0 Å². The molecule has 0 aliphatic carbocycles. The summed E-state index contributed by atoms with van der Waals surface area (Å²) in [5, 5.41) is 10.5. The third-order valence-corrected chi connectivity index (χ3v) is 3.74. The minimum absolute atomic E-state index is 0.270. The smallest absolute Gasteiger partial charge is 0.122 e. The Kier molecular flexibility index (Phi) is 4.83. The van der Waals surface area contributed by atoms with Gasteiger partial charge in [-0.3, -0.25) is 0 Å². The number of nitrogens with zero attached hydrogens (tertiary/aromatic N) is 2. The molecule has 0 saturated heterocycles. The molecule has 1 aromatic carbocycles. The predicted molar refractivity (Wildman–Crippen MR) is 82.0 cm³/mol. The van der Waals surface area contributed by atoms with Crippen LogP contribution in [-0.4, -0.2) is 21.8 Å². The van der Waals surface area contributed by atoms with Crippen LogP contribution in [0.2, 0.25) is 0 Å². The number of hydrogen-bond acceptors (Lipinski definition) is 3. The van der Waals surface area contributed by atoms with Crippen LogP contribution >= 0.6 is 15.9 Å². The summed E-state index contributed by atoms with van der Waals surface area (Å²) >= 11 is 3.45. The summed E-state index contributed by atoms with van der Waals surface area (Å²) in [5.74, 6) is 0.780. The molecule has 0 spiro atoms. The third kappa shape index (κ3) is 3.22. The third-order valence-electron chi connectivity index (χ3n) is 3.25. The summed E-state index contributed by atoms with van der Waals surface area (Å²) in [4.78, 5) is 4.13. The molecule has 20 heavy (non-hydrogen) atoms. The predicted octanol–water partition coefficient (Wildman–Crippen LogP) is 3.51. The van der Waals surface area contributed by atoms with E-state index in [1.807, 2.05) is 22.8 Å². The Balaban J connectivity index is 2.25. The number of hydrogen-bond donors (Lipinski definition) is 1. The summed E-state index contributed by atoms with van der Waals surface area (Å²) in [6.07, 6.45) is 3.35. The Bertz CT molecular complexity index is 581. The molecule has 1 heterocycles. The lowest BCUT2D eigenvalue weighted by Crippen LogP contribution is -2.11. The number of methoxy groups -OCH3 is 1. The van der Waals surface area contributed by atoms with E-state index in [4.69, 9.17) is 4.74 Å². The van der Waals surface area contributed by atoms with Crippen molar-refractivity contribution in [2.75, 3.05) is 7.11 Å². The van der Waals surface area contributed by atoms with Crippen LogP contribution in [0.1, 0.15) is 37.3 Å². The fraction of sp³-hybridized carbons (Fsp3) is 0.400. The highest BCUT2D eigenvalue weighted by Gasteiger charge is 2.17. The van der Waals surface area contributed by atoms with E-state index in [2.05, 4.69) is 34.8 Å². The molecular weight excluding hydrogens is 320 g/mol. The lowest BCUT2D eigenvalue weighted by atomic mass is 10.0. The van der Waals surface area contributed by atoms with Gasteiger partial charge in [0.05, 0.1) is 31.4 Å². The van der Waals surface area contributed by atoms with E-state index in [9.17, 15) is 5.11 Å². The summed E-state index contributed by atoms with van der Waals surface area (Å²) in [7, 11) is 1.64. The van der Waals surface area contributed by atoms with Crippen molar-refractivity contribution in [1.82, 2.24) is 9.55 Å². The Morgan fingerprint density at radius 1 is 1.40 bits per heavy atom. The van der Waals surface area contributed by atoms with E-state index < -0.39 is 6.10 Å². The molecule has 0 amide bonds. The maximum absolute atomic E-state index is 10.5. The van der Waals surface area contributed by atoms with Crippen LogP contribution in [0.25, 0.3) is 0 Å². The zero-order chi connectivity index (χ0) is 14.7. The van der Waals surface area contributed by atoms with Crippen molar-refractivity contribution in [2.24, 2.45) is 0 Å². The maximum Gasteiger partial charge on any atom is 0.122 e. The molecule has 0 aliphatic heterocycles. The Labute approximate surface area is 127 Å². The molecule has 0 saturated carbocycles. The second-order valence-electron chi connectivity index (χ2n) is 5.00. The van der Waals surface area contributed by atoms with E-state index in [0.29, 0.717) is 6.42 Å². The number of rotatable bonds is 5. The van der Waals surface area contributed by atoms with Crippen molar-refractivity contribution in [3.05, 3.63) is 46.5 Å². The molecule has 108 valence electrons. The highest BCUT2D eigenvalue weighted by molar-refractivity contribution is 9.10. The lowest BCUT2D eigenvalue weighted by Gasteiger charge is -2.17. The lowest BCUT2D eigenvalue weighted by molar-refractivity contribution is 0.166. The van der Waals surface area contributed by atoms with Crippen LogP contribution in [0.5, 0.6) is 5.75 Å². The quantitative estimate of drug-likeness (QED) is 0.907. The standard InChI is InChI=1S/C15H19BrN2O2/c1-10(2)18-9-17-8-13(18)14(19)7-11-6-12(16)4-5-15(11)20-3/h4-6,8-10,14,19H,7H2,1-3H3. The molecule has 5 heteroatoms. The number of aliphatic hydroxyl groups excluding tert-OH is 1. The summed E-state index contributed by atoms with van der Waals surface area (Å²) in [6.45, 7) is 4.13. The largest absolute Gasteiger partial charge is 0.496 e. The summed E-state index contributed by atoms with van der Waals surface area (Å²) in [5.41, 5.74) is 1.79. The maximum atomic E-state index is 10.5. The molecule has 1 atom stereocenters. The SMILES string of the molecule is COc1ccc(Br)cc1CC(O)c1cncn1C(C)C. The number of halogens is 1. The molecule has 0 fully saturated rings. The second kappa shape index (κ2) is 6.41. The van der Waals surface area contributed by atoms with Gasteiger partial charge in [0.15, 0.2) is 0 Å². The minimum Gasteiger partial charge on any atom is -0.496 e. The Hall–Kier alpha value is -1.33. The number of aliphatic hydroxyl groups is 1. The molecule has 4 nitrogen and oxygen atoms in total. The van der Waals surface area contributed by atoms with Gasteiger partial charge in [-0.05, 0) is 37.6 Å². The van der Waals surface area contributed by atoms with E-state index >= 15 is 0 Å². The molecule has 1 N–H and O–H groups in total. The molecule has 2 rings (SSSR count). The van der Waals surface area contributed by atoms with Gasteiger partial charge in [0.25, 0.3) is 0 Å². The summed E-state index contributed by atoms with van der Waals surface area (Å²) < 4.78 is 8.29. The van der Waals surface area contributed by atoms with Crippen LogP contribution in [-0.2, 0) is 6.42 Å². The average Bonchev–Trinajstić information content (AvgIpc) is 2.88. The van der Waals surface area contributed by atoms with Gasteiger partial charge < -0.3 is 14.4 Å². The first-order chi connectivity index (χ1) is 9.52. The molecule has 0 aliphatic rings. The van der Waals surface area contributed by atoms with Gasteiger partial charge >= 0.3 is 0 Å². The van der Waals surface area contributed by atoms with Gasteiger partial charge in [0, 0.05) is 16.9 Å². The molecular formula is C15H19BrN2O2. The van der Waals surface area contributed by atoms with Crippen molar-refractivity contribution in [1.29, 1.82) is 0 Å². The van der Waals surface area contributed by atoms with Crippen LogP contribution < -0.4 is 4.74 Å². The van der Waals surface area contributed by atoms with Crippen molar-refractivity contribution in [2.45, 2.75) is 32.4 Å². The second-order valence-corrected chi connectivity index (χ2v) is 5.91. The molecule has 1 unspecified atom stereocenters. The first kappa shape index (κ1) is 15.1. The first-order valence-corrected chi connectivity index (χ1v) is 7.34. The number of benzene rings is 1. The first-order valence-electron chi connectivity index (χ1n) is 6.55. The van der Waals surface area contributed by atoms with Gasteiger partial charge in [0.2, 0.25) is 0 Å². The molecule has 1 aromatic heterocycles. The van der Waals surface area contributed by atoms with Crippen molar-refractivity contribution < 1.29 is 9.84 Å². The number of ether oxygens (including phenoxy) is 1. The molecule has 0 bridgehead atoms. The van der Waals surface area contributed by atoms with Crippen LogP contribution in [0.4, 0.5) is 0 Å². The highest BCUT2D eigenvalue weighted by atomic mass is 79.9. The van der Waals surface area contributed by atoms with Gasteiger partial charge in [-0.2, -0.15) is 0 Å². The Morgan fingerprint density at radius 2 is 2.15 bits per heavy atom. The van der Waals surface area contributed by atoms with E-state index in [1.165, 1.54) is 0 Å². The number of aromatic nitrogens is 2. The molecule has 0 radical (unpaired) electrons. The van der Waals surface area contributed by atoms with Gasteiger partial charge in [-0.1, -0.05) is 15.9 Å². The molecule has 2 aromatic rings. The van der Waals surface area contributed by atoms with E-state index in [-0.39, 0.29) is 6.04 Å². The highest BCUT2D eigenvalue weighted by Crippen LogP contribution is 2.28. The van der Waals surface area contributed by atoms with Crippen LogP contribution in [0.15, 0.2) is 35.2 Å². The fourth-order valence-electron chi connectivity index (χ4n) is 2.22. The normalized spacial score (nSPS) is 12.7. The minimum atomic E-state index is -0.608. The zero-order valence-electron chi connectivity index (χ0n) is 11.9. The summed E-state index contributed by atoms with van der Waals surface area (Å²) in [6, 6.07) is 6.06. The van der Waals surface area contributed by atoms with Gasteiger partial charge in [-0.15, -0.1) is 0 Å². The van der Waals surface area contributed by atoms with E-state index in [0.717, 1.165) is 21.5 Å². The number of imidazole rings is 1.